The van der Waals surface area contributed by atoms with Crippen molar-refractivity contribution in [2.45, 2.75) is 57.5 Å². The molecule has 0 aliphatic carbocycles. The minimum atomic E-state index is -0.875. The molecule has 0 aliphatic heterocycles. The molecule has 0 aromatic heterocycles. The Bertz CT molecular complexity index is 425. The smallest absolute Gasteiger partial charge is 0.303 e. The summed E-state index contributed by atoms with van der Waals surface area (Å²) in [7, 11) is 0. The van der Waals surface area contributed by atoms with Crippen LogP contribution in [0.3, 0.4) is 0 Å². The van der Waals surface area contributed by atoms with Crippen molar-refractivity contribution >= 4 is 23.7 Å². The predicted octanol–water partition coefficient (Wildman–Crippen LogP) is -1.15. The number of hydrogen-bond acceptors (Lipinski definition) is 5. The topological polar surface area (TPSA) is 165 Å². The van der Waals surface area contributed by atoms with Gasteiger partial charge in [0, 0.05) is 19.4 Å². The fraction of sp³-hybridized carbons (Fsp3) is 0.714. The lowest BCUT2D eigenvalue weighted by molar-refractivity contribution is -0.137. The zero-order chi connectivity index (χ0) is 17.8. The molecule has 0 bridgehead atoms. The second-order valence-corrected chi connectivity index (χ2v) is 5.35. The van der Waals surface area contributed by atoms with Crippen LogP contribution < -0.4 is 22.1 Å². The summed E-state index contributed by atoms with van der Waals surface area (Å²) in [5.74, 6) is -2.32. The van der Waals surface area contributed by atoms with Gasteiger partial charge in [0.05, 0.1) is 6.04 Å². The first-order valence-electron chi connectivity index (χ1n) is 7.57. The van der Waals surface area contributed by atoms with Gasteiger partial charge in [-0.15, -0.1) is 0 Å². The van der Waals surface area contributed by atoms with Gasteiger partial charge in [-0.1, -0.05) is 6.42 Å². The Morgan fingerprint density at radius 2 is 1.70 bits per heavy atom. The predicted molar refractivity (Wildman–Crippen MR) is 83.1 cm³/mol. The Balaban J connectivity index is 4.24. The second-order valence-electron chi connectivity index (χ2n) is 5.35. The van der Waals surface area contributed by atoms with Gasteiger partial charge in [-0.05, 0) is 26.2 Å². The normalized spacial score (nSPS) is 13.0. The van der Waals surface area contributed by atoms with Crippen molar-refractivity contribution in [2.24, 2.45) is 11.5 Å². The summed E-state index contributed by atoms with van der Waals surface area (Å²) < 4.78 is 0. The van der Waals surface area contributed by atoms with Gasteiger partial charge < -0.3 is 27.2 Å². The molecule has 0 radical (unpaired) electrons. The van der Waals surface area contributed by atoms with Gasteiger partial charge in [-0.25, -0.2) is 0 Å². The molecule has 9 heteroatoms. The third-order valence-corrected chi connectivity index (χ3v) is 3.09. The van der Waals surface area contributed by atoms with Crippen LogP contribution in [-0.4, -0.2) is 47.4 Å². The zero-order valence-corrected chi connectivity index (χ0v) is 13.3. The number of nitrogens with one attached hydrogen (secondary N) is 2. The van der Waals surface area contributed by atoms with E-state index in [0.29, 0.717) is 25.8 Å². The van der Waals surface area contributed by atoms with E-state index in [1.165, 1.54) is 6.92 Å². The maximum absolute atomic E-state index is 12.0. The second kappa shape index (κ2) is 11.4. The summed E-state index contributed by atoms with van der Waals surface area (Å²) in [6.45, 7) is 1.85. The molecule has 132 valence electrons. The van der Waals surface area contributed by atoms with Crippen molar-refractivity contribution in [1.82, 2.24) is 10.6 Å². The number of unbranched alkanes of at least 4 members (excludes halogenated alkanes) is 2. The van der Waals surface area contributed by atoms with E-state index in [-0.39, 0.29) is 19.3 Å². The standard InChI is InChI=1S/C14H26N4O5/c1-9(15)13(22)18-10(6-7-11(16)19)14(23)17-8-4-2-3-5-12(20)21/h9-10H,2-8,15H2,1H3,(H2,16,19)(H,17,23)(H,18,22)(H,20,21)/t9-,10+/m1/s1. The lowest BCUT2D eigenvalue weighted by Crippen LogP contribution is -2.51. The molecule has 0 saturated heterocycles. The average Bonchev–Trinajstić information content (AvgIpc) is 2.45. The van der Waals surface area contributed by atoms with Crippen LogP contribution in [0.1, 0.15) is 45.4 Å². The number of hydrogen-bond donors (Lipinski definition) is 5. The minimum Gasteiger partial charge on any atom is -0.481 e. The molecule has 0 unspecified atom stereocenters. The molecule has 0 saturated carbocycles. The Hall–Kier alpha value is -2.16. The van der Waals surface area contributed by atoms with Crippen LogP contribution in [0.4, 0.5) is 0 Å². The number of nitrogens with two attached hydrogens (primary N) is 2. The Morgan fingerprint density at radius 3 is 2.22 bits per heavy atom. The largest absolute Gasteiger partial charge is 0.481 e. The van der Waals surface area contributed by atoms with E-state index < -0.39 is 35.8 Å². The SMILES string of the molecule is C[C@@H](N)C(=O)N[C@@H](CCC(N)=O)C(=O)NCCCCCC(=O)O. The fourth-order valence-electron chi connectivity index (χ4n) is 1.77. The lowest BCUT2D eigenvalue weighted by Gasteiger charge is -2.19. The van der Waals surface area contributed by atoms with Crippen molar-refractivity contribution in [3.05, 3.63) is 0 Å². The average molecular weight is 330 g/mol. The van der Waals surface area contributed by atoms with Gasteiger partial charge in [0.1, 0.15) is 6.04 Å². The number of primary amides is 1. The van der Waals surface area contributed by atoms with Crippen LogP contribution in [0, 0.1) is 0 Å². The molecule has 9 nitrogen and oxygen atoms in total. The van der Waals surface area contributed by atoms with Crippen LogP contribution in [0.2, 0.25) is 0 Å². The van der Waals surface area contributed by atoms with Crippen molar-refractivity contribution in [2.75, 3.05) is 6.54 Å². The molecule has 0 rings (SSSR count). The van der Waals surface area contributed by atoms with Gasteiger partial charge in [0.2, 0.25) is 17.7 Å². The maximum Gasteiger partial charge on any atom is 0.303 e. The number of aliphatic carboxylic acids is 1. The van der Waals surface area contributed by atoms with E-state index in [9.17, 15) is 19.2 Å². The molecular weight excluding hydrogens is 304 g/mol. The van der Waals surface area contributed by atoms with Gasteiger partial charge in [0.25, 0.3) is 0 Å². The maximum atomic E-state index is 12.0. The van der Waals surface area contributed by atoms with Crippen molar-refractivity contribution in [3.63, 3.8) is 0 Å². The van der Waals surface area contributed by atoms with Gasteiger partial charge in [-0.2, -0.15) is 0 Å². The van der Waals surface area contributed by atoms with Crippen LogP contribution >= 0.6 is 0 Å². The number of amides is 3. The lowest BCUT2D eigenvalue weighted by atomic mass is 10.1. The number of carbonyl (C=O) groups excluding carboxylic acids is 3. The van der Waals surface area contributed by atoms with Crippen LogP contribution in [-0.2, 0) is 19.2 Å². The highest BCUT2D eigenvalue weighted by molar-refractivity contribution is 5.89. The first-order chi connectivity index (χ1) is 10.7. The van der Waals surface area contributed by atoms with Gasteiger partial charge in [0.15, 0.2) is 0 Å². The third-order valence-electron chi connectivity index (χ3n) is 3.09. The van der Waals surface area contributed by atoms with Crippen LogP contribution in [0.25, 0.3) is 0 Å². The molecular formula is C14H26N4O5. The highest BCUT2D eigenvalue weighted by Crippen LogP contribution is 2.01. The molecule has 3 amide bonds. The number of carboxylic acids is 1. The summed E-state index contributed by atoms with van der Waals surface area (Å²) >= 11 is 0. The molecule has 0 spiro atoms. The molecule has 7 N–H and O–H groups in total. The van der Waals surface area contributed by atoms with E-state index in [4.69, 9.17) is 16.6 Å². The molecule has 23 heavy (non-hydrogen) atoms. The van der Waals surface area contributed by atoms with E-state index in [1.54, 1.807) is 0 Å². The quantitative estimate of drug-likeness (QED) is 0.283. The highest BCUT2D eigenvalue weighted by Gasteiger charge is 2.22. The molecule has 0 heterocycles. The van der Waals surface area contributed by atoms with E-state index in [1.807, 2.05) is 0 Å². The summed E-state index contributed by atoms with van der Waals surface area (Å²) in [5, 5.41) is 13.6. The van der Waals surface area contributed by atoms with E-state index in [2.05, 4.69) is 10.6 Å². The monoisotopic (exact) mass is 330 g/mol. The Labute approximate surface area is 135 Å². The zero-order valence-electron chi connectivity index (χ0n) is 13.3. The minimum absolute atomic E-state index is 0.0318. The third kappa shape index (κ3) is 11.1. The highest BCUT2D eigenvalue weighted by atomic mass is 16.4. The van der Waals surface area contributed by atoms with Gasteiger partial charge >= 0.3 is 5.97 Å². The van der Waals surface area contributed by atoms with E-state index >= 15 is 0 Å². The van der Waals surface area contributed by atoms with Crippen molar-refractivity contribution < 1.29 is 24.3 Å². The summed E-state index contributed by atoms with van der Waals surface area (Å²) in [4.78, 5) is 44.8. The van der Waals surface area contributed by atoms with Crippen LogP contribution in [0.5, 0.6) is 0 Å². The molecule has 0 aliphatic rings. The number of carboxylic acid groups (broad SMARTS) is 1. The first-order valence-corrected chi connectivity index (χ1v) is 7.57. The number of carbonyl (C=O) groups is 4. The molecule has 0 aromatic rings. The first kappa shape index (κ1) is 20.8. The molecule has 2 atom stereocenters. The van der Waals surface area contributed by atoms with Crippen LogP contribution in [0.15, 0.2) is 0 Å². The molecule has 0 aromatic carbocycles. The fourth-order valence-corrected chi connectivity index (χ4v) is 1.77. The Morgan fingerprint density at radius 1 is 1.04 bits per heavy atom. The summed E-state index contributed by atoms with van der Waals surface area (Å²) in [6.07, 6.45) is 2.00. The Kier molecular flexibility index (Phi) is 10.3. The number of rotatable bonds is 12. The van der Waals surface area contributed by atoms with Gasteiger partial charge in [-0.3, -0.25) is 19.2 Å². The van der Waals surface area contributed by atoms with Crippen molar-refractivity contribution in [1.29, 1.82) is 0 Å². The van der Waals surface area contributed by atoms with Crippen molar-refractivity contribution in [3.8, 4) is 0 Å². The van der Waals surface area contributed by atoms with E-state index in [0.717, 1.165) is 0 Å². The molecule has 0 fully saturated rings. The summed E-state index contributed by atoms with van der Waals surface area (Å²) in [5.41, 5.74) is 10.5. The summed E-state index contributed by atoms with van der Waals surface area (Å²) in [6, 6.07) is -1.64.